The third-order valence-corrected chi connectivity index (χ3v) is 5.22. The van der Waals surface area contributed by atoms with Crippen LogP contribution in [0.15, 0.2) is 48.8 Å². The van der Waals surface area contributed by atoms with Crippen LogP contribution in [0.1, 0.15) is 5.56 Å². The number of rotatable bonds is 4. The summed E-state index contributed by atoms with van der Waals surface area (Å²) < 4.78 is 2.05. The van der Waals surface area contributed by atoms with Crippen LogP contribution < -0.4 is 4.90 Å². The Kier molecular flexibility index (Phi) is 4.68. The summed E-state index contributed by atoms with van der Waals surface area (Å²) in [5.74, 6) is 0.819. The number of carbonyl (C=O) groups is 1. The fourth-order valence-electron chi connectivity index (χ4n) is 3.70. The molecule has 0 N–H and O–H groups in total. The van der Waals surface area contributed by atoms with Crippen molar-refractivity contribution in [1.82, 2.24) is 14.5 Å². The number of para-hydroxylation sites is 1. The number of hydrogen-bond acceptors (Lipinski definition) is 5. The Bertz CT molecular complexity index is 1020. The van der Waals surface area contributed by atoms with Gasteiger partial charge in [0.05, 0.1) is 11.3 Å². The monoisotopic (exact) mass is 379 g/mol. The van der Waals surface area contributed by atoms with E-state index in [0.717, 1.165) is 16.5 Å². The lowest BCUT2D eigenvalue weighted by Crippen LogP contribution is -2.49. The first kappa shape index (κ1) is 18.0. The summed E-state index contributed by atoms with van der Waals surface area (Å²) in [5.41, 5.74) is 2.15. The Morgan fingerprint density at radius 1 is 1.14 bits per heavy atom. The minimum absolute atomic E-state index is 0.0207. The topological polar surface area (TPSA) is 84.5 Å². The van der Waals surface area contributed by atoms with Crippen molar-refractivity contribution in [2.24, 2.45) is 7.05 Å². The number of amides is 1. The van der Waals surface area contributed by atoms with Gasteiger partial charge in [-0.2, -0.15) is 0 Å². The molecule has 3 heterocycles. The summed E-state index contributed by atoms with van der Waals surface area (Å²) in [6, 6.07) is 11.2. The Morgan fingerprint density at radius 3 is 2.57 bits per heavy atom. The highest BCUT2D eigenvalue weighted by atomic mass is 16.6. The van der Waals surface area contributed by atoms with Gasteiger partial charge < -0.3 is 14.4 Å². The molecule has 1 aromatic carbocycles. The summed E-state index contributed by atoms with van der Waals surface area (Å²) in [4.78, 5) is 31.2. The van der Waals surface area contributed by atoms with Gasteiger partial charge in [0.25, 0.3) is 5.69 Å². The van der Waals surface area contributed by atoms with Gasteiger partial charge in [-0.3, -0.25) is 14.9 Å². The fraction of sp³-hybridized carbons (Fsp3) is 0.300. The van der Waals surface area contributed by atoms with Crippen LogP contribution in [0.2, 0.25) is 0 Å². The number of aryl methyl sites for hydroxylation is 1. The van der Waals surface area contributed by atoms with E-state index < -0.39 is 4.92 Å². The lowest BCUT2D eigenvalue weighted by atomic mass is 10.1. The van der Waals surface area contributed by atoms with E-state index in [2.05, 4.69) is 21.7 Å². The van der Waals surface area contributed by atoms with Gasteiger partial charge >= 0.3 is 0 Å². The minimum atomic E-state index is -0.458. The predicted molar refractivity (Wildman–Crippen MR) is 106 cm³/mol. The molecule has 4 rings (SSSR count). The number of hydrogen-bond donors (Lipinski definition) is 0. The average molecular weight is 379 g/mol. The minimum Gasteiger partial charge on any atom is -0.353 e. The van der Waals surface area contributed by atoms with Crippen LogP contribution in [-0.4, -0.2) is 51.5 Å². The Morgan fingerprint density at radius 2 is 1.89 bits per heavy atom. The molecule has 1 aliphatic heterocycles. The molecule has 3 aromatic rings. The van der Waals surface area contributed by atoms with Crippen molar-refractivity contribution in [3.05, 3.63) is 64.5 Å². The summed E-state index contributed by atoms with van der Waals surface area (Å²) in [5, 5.41) is 11.9. The highest BCUT2D eigenvalue weighted by Crippen LogP contribution is 2.22. The second-order valence-corrected chi connectivity index (χ2v) is 6.96. The van der Waals surface area contributed by atoms with Gasteiger partial charge in [0.15, 0.2) is 0 Å². The number of piperazine rings is 1. The molecule has 0 saturated carbocycles. The highest BCUT2D eigenvalue weighted by molar-refractivity contribution is 5.89. The second kappa shape index (κ2) is 7.30. The highest BCUT2D eigenvalue weighted by Gasteiger charge is 2.23. The van der Waals surface area contributed by atoms with Crippen LogP contribution >= 0.6 is 0 Å². The number of anilines is 1. The molecule has 0 unspecified atom stereocenters. The van der Waals surface area contributed by atoms with Gasteiger partial charge in [-0.25, -0.2) is 4.98 Å². The third-order valence-electron chi connectivity index (χ3n) is 5.22. The molecule has 28 heavy (non-hydrogen) atoms. The van der Waals surface area contributed by atoms with Crippen LogP contribution in [0.5, 0.6) is 0 Å². The number of pyridine rings is 1. The number of carbonyl (C=O) groups excluding carboxylic acids is 1. The standard InChI is InChI=1S/C20H21N5O3/c1-22-14-15(17-4-2-3-5-18(17)22)12-20(26)24-10-8-23(9-11-24)19-7-6-16(13-21-19)25(27)28/h2-7,13-14H,8-12H2,1H3. The normalized spacial score (nSPS) is 14.5. The van der Waals surface area contributed by atoms with Crippen molar-refractivity contribution in [1.29, 1.82) is 0 Å². The molecule has 0 atom stereocenters. The average Bonchev–Trinajstić information content (AvgIpc) is 3.04. The largest absolute Gasteiger partial charge is 0.353 e. The van der Waals surface area contributed by atoms with E-state index in [1.54, 1.807) is 6.07 Å². The van der Waals surface area contributed by atoms with E-state index >= 15 is 0 Å². The zero-order chi connectivity index (χ0) is 19.7. The number of fused-ring (bicyclic) bond motifs is 1. The van der Waals surface area contributed by atoms with Gasteiger partial charge in [0.2, 0.25) is 5.91 Å². The van der Waals surface area contributed by atoms with Gasteiger partial charge in [-0.05, 0) is 17.7 Å². The number of benzene rings is 1. The first-order valence-electron chi connectivity index (χ1n) is 9.19. The van der Waals surface area contributed by atoms with Crippen LogP contribution in [0.3, 0.4) is 0 Å². The molecule has 0 radical (unpaired) electrons. The summed E-state index contributed by atoms with van der Waals surface area (Å²) >= 11 is 0. The van der Waals surface area contributed by atoms with E-state index in [0.29, 0.717) is 38.4 Å². The van der Waals surface area contributed by atoms with Crippen LogP contribution in [0, 0.1) is 10.1 Å². The molecule has 1 aliphatic rings. The maximum absolute atomic E-state index is 12.8. The molecule has 0 aliphatic carbocycles. The Hall–Kier alpha value is -3.42. The molecular weight excluding hydrogens is 358 g/mol. The zero-order valence-electron chi connectivity index (χ0n) is 15.6. The van der Waals surface area contributed by atoms with Gasteiger partial charge in [-0.15, -0.1) is 0 Å². The lowest BCUT2D eigenvalue weighted by Gasteiger charge is -2.35. The van der Waals surface area contributed by atoms with Crippen molar-refractivity contribution < 1.29 is 9.72 Å². The first-order valence-corrected chi connectivity index (χ1v) is 9.19. The zero-order valence-corrected chi connectivity index (χ0v) is 15.6. The predicted octanol–water partition coefficient (Wildman–Crippen LogP) is 2.37. The van der Waals surface area contributed by atoms with E-state index in [9.17, 15) is 14.9 Å². The number of nitro groups is 1. The SMILES string of the molecule is Cn1cc(CC(=O)N2CCN(c3ccc([N+](=O)[O-])cn3)CC2)c2ccccc21. The van der Waals surface area contributed by atoms with Crippen molar-refractivity contribution in [2.75, 3.05) is 31.1 Å². The molecule has 1 fully saturated rings. The first-order chi connectivity index (χ1) is 13.5. The smallest absolute Gasteiger partial charge is 0.287 e. The van der Waals surface area contributed by atoms with Crippen LogP contribution in [0.25, 0.3) is 10.9 Å². The van der Waals surface area contributed by atoms with Crippen molar-refractivity contribution in [3.63, 3.8) is 0 Å². The quantitative estimate of drug-likeness (QED) is 0.513. The van der Waals surface area contributed by atoms with E-state index in [-0.39, 0.29) is 11.6 Å². The molecular formula is C20H21N5O3. The van der Waals surface area contributed by atoms with Crippen molar-refractivity contribution in [3.8, 4) is 0 Å². The molecule has 8 nitrogen and oxygen atoms in total. The van der Waals surface area contributed by atoms with Gasteiger partial charge in [0.1, 0.15) is 12.0 Å². The second-order valence-electron chi connectivity index (χ2n) is 6.96. The Balaban J connectivity index is 1.39. The molecule has 1 saturated heterocycles. The van der Waals surface area contributed by atoms with Crippen LogP contribution in [0.4, 0.5) is 11.5 Å². The van der Waals surface area contributed by atoms with Crippen molar-refractivity contribution in [2.45, 2.75) is 6.42 Å². The van der Waals surface area contributed by atoms with Gasteiger partial charge in [0, 0.05) is 56.4 Å². The van der Waals surface area contributed by atoms with E-state index in [1.165, 1.54) is 12.3 Å². The molecule has 2 aromatic heterocycles. The van der Waals surface area contributed by atoms with Crippen LogP contribution in [-0.2, 0) is 18.3 Å². The third kappa shape index (κ3) is 3.40. The molecule has 0 spiro atoms. The van der Waals surface area contributed by atoms with Crippen molar-refractivity contribution >= 4 is 28.3 Å². The maximum atomic E-state index is 12.8. The summed E-state index contributed by atoms with van der Waals surface area (Å²) in [6.45, 7) is 2.54. The molecule has 1 amide bonds. The molecule has 0 bridgehead atoms. The van der Waals surface area contributed by atoms with E-state index in [4.69, 9.17) is 0 Å². The van der Waals surface area contributed by atoms with E-state index in [1.807, 2.05) is 35.2 Å². The lowest BCUT2D eigenvalue weighted by molar-refractivity contribution is -0.385. The van der Waals surface area contributed by atoms with Gasteiger partial charge in [-0.1, -0.05) is 18.2 Å². The number of nitrogens with zero attached hydrogens (tertiary/aromatic N) is 5. The number of aromatic nitrogens is 2. The molecule has 8 heteroatoms. The Labute approximate surface area is 162 Å². The molecule has 144 valence electrons. The summed E-state index contributed by atoms with van der Waals surface area (Å²) in [6.07, 6.45) is 3.68. The maximum Gasteiger partial charge on any atom is 0.287 e. The fourth-order valence-corrected chi connectivity index (χ4v) is 3.70. The summed E-state index contributed by atoms with van der Waals surface area (Å²) in [7, 11) is 1.99.